The Morgan fingerprint density at radius 3 is 2.16 bits per heavy atom. The second-order valence-corrected chi connectivity index (χ2v) is 4.76. The van der Waals surface area contributed by atoms with E-state index in [4.69, 9.17) is 10.5 Å². The summed E-state index contributed by atoms with van der Waals surface area (Å²) in [5.41, 5.74) is 9.81. The molecule has 19 heavy (non-hydrogen) atoms. The molecule has 0 saturated carbocycles. The maximum absolute atomic E-state index is 5.91. The number of nitrogens with zero attached hydrogens (tertiary/aromatic N) is 2. The van der Waals surface area contributed by atoms with E-state index in [1.165, 1.54) is 0 Å². The van der Waals surface area contributed by atoms with E-state index in [9.17, 15) is 0 Å². The van der Waals surface area contributed by atoms with Crippen molar-refractivity contribution in [3.8, 4) is 11.6 Å². The lowest BCUT2D eigenvalue weighted by atomic mass is 10.1. The van der Waals surface area contributed by atoms with Crippen LogP contribution >= 0.6 is 0 Å². The van der Waals surface area contributed by atoms with Crippen molar-refractivity contribution in [2.24, 2.45) is 5.73 Å². The second kappa shape index (κ2) is 5.36. The van der Waals surface area contributed by atoms with E-state index in [0.29, 0.717) is 18.2 Å². The third kappa shape index (κ3) is 3.09. The highest BCUT2D eigenvalue weighted by Crippen LogP contribution is 2.29. The Kier molecular flexibility index (Phi) is 3.81. The van der Waals surface area contributed by atoms with Crippen LogP contribution in [0.3, 0.4) is 0 Å². The van der Waals surface area contributed by atoms with Crippen molar-refractivity contribution < 1.29 is 4.74 Å². The third-order valence-electron chi connectivity index (χ3n) is 2.90. The Morgan fingerprint density at radius 1 is 1.00 bits per heavy atom. The number of aromatic nitrogens is 2. The zero-order chi connectivity index (χ0) is 14.0. The minimum Gasteiger partial charge on any atom is -0.438 e. The predicted molar refractivity (Wildman–Crippen MR) is 75.4 cm³/mol. The summed E-state index contributed by atoms with van der Waals surface area (Å²) >= 11 is 0. The highest BCUT2D eigenvalue weighted by Gasteiger charge is 2.09. The summed E-state index contributed by atoms with van der Waals surface area (Å²) in [4.78, 5) is 8.54. The first-order chi connectivity index (χ1) is 8.99. The smallest absolute Gasteiger partial charge is 0.222 e. The number of hydrogen-bond donors (Lipinski definition) is 1. The molecule has 1 heterocycles. The zero-order valence-electron chi connectivity index (χ0n) is 11.8. The van der Waals surface area contributed by atoms with Gasteiger partial charge >= 0.3 is 0 Å². The molecule has 0 spiro atoms. The van der Waals surface area contributed by atoms with E-state index in [1.807, 2.05) is 45.9 Å². The van der Waals surface area contributed by atoms with Crippen LogP contribution in [0.5, 0.6) is 11.6 Å². The van der Waals surface area contributed by atoms with Gasteiger partial charge in [0.2, 0.25) is 5.88 Å². The maximum atomic E-state index is 5.91. The summed E-state index contributed by atoms with van der Waals surface area (Å²) in [6.07, 6.45) is 0. The van der Waals surface area contributed by atoms with Crippen molar-refractivity contribution in [3.63, 3.8) is 0 Å². The Balaban J connectivity index is 2.38. The van der Waals surface area contributed by atoms with Gasteiger partial charge in [-0.15, -0.1) is 0 Å². The molecule has 0 aliphatic heterocycles. The predicted octanol–water partition coefficient (Wildman–Crippen LogP) is 2.96. The minimum atomic E-state index is 0.535. The van der Waals surface area contributed by atoms with Crippen LogP contribution in [0.2, 0.25) is 0 Å². The van der Waals surface area contributed by atoms with Crippen LogP contribution in [0.15, 0.2) is 18.2 Å². The molecule has 0 amide bonds. The van der Waals surface area contributed by atoms with E-state index < -0.39 is 0 Å². The molecule has 100 valence electrons. The standard InChI is InChI=1S/C15H19N3O/c1-9-5-13(8-16)6-10(2)15(9)19-14-7-11(3)17-12(4)18-14/h5-7H,8,16H2,1-4H3. The Hall–Kier alpha value is -1.94. The van der Waals surface area contributed by atoms with Gasteiger partial charge in [0, 0.05) is 18.3 Å². The molecule has 2 N–H and O–H groups in total. The molecule has 2 aromatic rings. The lowest BCUT2D eigenvalue weighted by Gasteiger charge is -2.13. The van der Waals surface area contributed by atoms with Crippen LogP contribution in [-0.2, 0) is 6.54 Å². The summed E-state index contributed by atoms with van der Waals surface area (Å²) in [6, 6.07) is 5.93. The van der Waals surface area contributed by atoms with E-state index in [1.54, 1.807) is 0 Å². The first-order valence-electron chi connectivity index (χ1n) is 6.30. The van der Waals surface area contributed by atoms with E-state index >= 15 is 0 Å². The SMILES string of the molecule is Cc1cc(Oc2c(C)cc(CN)cc2C)nc(C)n1. The van der Waals surface area contributed by atoms with Crippen molar-refractivity contribution in [3.05, 3.63) is 46.4 Å². The topological polar surface area (TPSA) is 61.0 Å². The Labute approximate surface area is 113 Å². The molecular weight excluding hydrogens is 238 g/mol. The average molecular weight is 257 g/mol. The van der Waals surface area contributed by atoms with Crippen molar-refractivity contribution in [2.75, 3.05) is 0 Å². The lowest BCUT2D eigenvalue weighted by molar-refractivity contribution is 0.452. The maximum Gasteiger partial charge on any atom is 0.222 e. The monoisotopic (exact) mass is 257 g/mol. The number of aryl methyl sites for hydroxylation is 4. The summed E-state index contributed by atoms with van der Waals surface area (Å²) in [5.74, 6) is 2.13. The first kappa shape index (κ1) is 13.5. The summed E-state index contributed by atoms with van der Waals surface area (Å²) in [6.45, 7) is 8.36. The Morgan fingerprint density at radius 2 is 1.63 bits per heavy atom. The van der Waals surface area contributed by atoms with Gasteiger partial charge in [-0.05, 0) is 44.4 Å². The fourth-order valence-electron chi connectivity index (χ4n) is 2.16. The van der Waals surface area contributed by atoms with Gasteiger partial charge in [0.15, 0.2) is 0 Å². The van der Waals surface area contributed by atoms with Gasteiger partial charge in [0.05, 0.1) is 0 Å². The third-order valence-corrected chi connectivity index (χ3v) is 2.90. The molecule has 4 heteroatoms. The minimum absolute atomic E-state index is 0.535. The molecule has 0 radical (unpaired) electrons. The second-order valence-electron chi connectivity index (χ2n) is 4.76. The van der Waals surface area contributed by atoms with Crippen molar-refractivity contribution >= 4 is 0 Å². The number of ether oxygens (including phenoxy) is 1. The summed E-state index contributed by atoms with van der Waals surface area (Å²) < 4.78 is 5.91. The quantitative estimate of drug-likeness (QED) is 0.918. The van der Waals surface area contributed by atoms with Crippen LogP contribution in [0.4, 0.5) is 0 Å². The summed E-state index contributed by atoms with van der Waals surface area (Å²) in [7, 11) is 0. The fourth-order valence-corrected chi connectivity index (χ4v) is 2.16. The van der Waals surface area contributed by atoms with Crippen LogP contribution in [0.1, 0.15) is 28.2 Å². The van der Waals surface area contributed by atoms with Crippen LogP contribution in [0.25, 0.3) is 0 Å². The normalized spacial score (nSPS) is 10.6. The van der Waals surface area contributed by atoms with E-state index in [-0.39, 0.29) is 0 Å². The molecule has 1 aromatic heterocycles. The van der Waals surface area contributed by atoms with Gasteiger partial charge in [0.25, 0.3) is 0 Å². The zero-order valence-corrected chi connectivity index (χ0v) is 11.8. The van der Waals surface area contributed by atoms with Crippen LogP contribution in [-0.4, -0.2) is 9.97 Å². The van der Waals surface area contributed by atoms with Crippen molar-refractivity contribution in [1.29, 1.82) is 0 Å². The molecule has 4 nitrogen and oxygen atoms in total. The van der Waals surface area contributed by atoms with Crippen LogP contribution < -0.4 is 10.5 Å². The number of benzene rings is 1. The largest absolute Gasteiger partial charge is 0.438 e. The number of rotatable bonds is 3. The van der Waals surface area contributed by atoms with Gasteiger partial charge in [-0.25, -0.2) is 4.98 Å². The van der Waals surface area contributed by atoms with E-state index in [2.05, 4.69) is 9.97 Å². The molecule has 0 atom stereocenters. The van der Waals surface area contributed by atoms with Crippen molar-refractivity contribution in [1.82, 2.24) is 9.97 Å². The van der Waals surface area contributed by atoms with Crippen molar-refractivity contribution in [2.45, 2.75) is 34.2 Å². The Bertz CT molecular complexity index is 565. The van der Waals surface area contributed by atoms with Crippen LogP contribution in [0, 0.1) is 27.7 Å². The molecule has 2 rings (SSSR count). The van der Waals surface area contributed by atoms with E-state index in [0.717, 1.165) is 28.1 Å². The molecule has 0 saturated heterocycles. The van der Waals surface area contributed by atoms with Gasteiger partial charge in [-0.1, -0.05) is 12.1 Å². The number of hydrogen-bond acceptors (Lipinski definition) is 4. The van der Waals surface area contributed by atoms with Gasteiger partial charge in [-0.2, -0.15) is 4.98 Å². The molecular formula is C15H19N3O. The summed E-state index contributed by atoms with van der Waals surface area (Å²) in [5, 5.41) is 0. The first-order valence-corrected chi connectivity index (χ1v) is 6.30. The highest BCUT2D eigenvalue weighted by molar-refractivity contribution is 5.45. The lowest BCUT2D eigenvalue weighted by Crippen LogP contribution is -2.01. The van der Waals surface area contributed by atoms with Gasteiger partial charge < -0.3 is 10.5 Å². The molecule has 0 aliphatic rings. The average Bonchev–Trinajstić information content (AvgIpc) is 2.32. The van der Waals surface area contributed by atoms with Gasteiger partial charge in [-0.3, -0.25) is 0 Å². The number of nitrogens with two attached hydrogens (primary N) is 1. The molecule has 0 bridgehead atoms. The highest BCUT2D eigenvalue weighted by atomic mass is 16.5. The molecule has 0 aliphatic carbocycles. The van der Waals surface area contributed by atoms with Gasteiger partial charge in [0.1, 0.15) is 11.6 Å². The fraction of sp³-hybridized carbons (Fsp3) is 0.333. The molecule has 1 aromatic carbocycles. The molecule has 0 fully saturated rings. The molecule has 0 unspecified atom stereocenters.